The van der Waals surface area contributed by atoms with Crippen LogP contribution in [0.3, 0.4) is 0 Å². The van der Waals surface area contributed by atoms with Crippen LogP contribution in [0.1, 0.15) is 36.0 Å². The maximum absolute atomic E-state index is 4.18. The van der Waals surface area contributed by atoms with E-state index in [-0.39, 0.29) is 0 Å². The summed E-state index contributed by atoms with van der Waals surface area (Å²) in [5, 5.41) is 6.96. The van der Waals surface area contributed by atoms with Crippen molar-refractivity contribution in [1.29, 1.82) is 0 Å². The van der Waals surface area contributed by atoms with Crippen molar-refractivity contribution < 1.29 is 0 Å². The van der Waals surface area contributed by atoms with Crippen LogP contribution in [0.15, 0.2) is 73.3 Å². The Balaban J connectivity index is 1.51. The molecule has 0 saturated heterocycles. The van der Waals surface area contributed by atoms with Gasteiger partial charge >= 0.3 is 0 Å². The summed E-state index contributed by atoms with van der Waals surface area (Å²) in [5.41, 5.74) is 7.06. The van der Waals surface area contributed by atoms with Gasteiger partial charge in [-0.05, 0) is 36.1 Å². The molecule has 0 bridgehead atoms. The van der Waals surface area contributed by atoms with E-state index >= 15 is 0 Å². The van der Waals surface area contributed by atoms with Gasteiger partial charge in [-0.3, -0.25) is 0 Å². The van der Waals surface area contributed by atoms with E-state index in [1.807, 2.05) is 13.0 Å². The van der Waals surface area contributed by atoms with Gasteiger partial charge in [-0.25, -0.2) is 0 Å². The second-order valence-corrected chi connectivity index (χ2v) is 6.66. The number of allylic oxidation sites excluding steroid dienone is 2. The van der Waals surface area contributed by atoms with Gasteiger partial charge < -0.3 is 10.6 Å². The Morgan fingerprint density at radius 2 is 1.92 bits per heavy atom. The molecule has 128 valence electrons. The fourth-order valence-corrected chi connectivity index (χ4v) is 3.15. The number of rotatable bonds is 7. The molecule has 1 heterocycles. The van der Waals surface area contributed by atoms with Crippen molar-refractivity contribution in [3.05, 3.63) is 90.0 Å². The second-order valence-electron chi connectivity index (χ2n) is 6.66. The topological polar surface area (TPSA) is 24.1 Å². The summed E-state index contributed by atoms with van der Waals surface area (Å²) in [6, 6.07) is 17.0. The highest BCUT2D eigenvalue weighted by Gasteiger charge is 2.20. The molecule has 2 aromatic carbocycles. The molecule has 0 radical (unpaired) electrons. The Bertz CT molecular complexity index is 784. The molecular weight excluding hydrogens is 304 g/mol. The predicted molar refractivity (Wildman–Crippen MR) is 110 cm³/mol. The molecular formula is C23H26N2. The maximum atomic E-state index is 4.18. The van der Waals surface area contributed by atoms with Crippen LogP contribution in [0.5, 0.6) is 0 Å². The minimum absolute atomic E-state index is 0.575. The molecule has 2 N–H and O–H groups in total. The van der Waals surface area contributed by atoms with Crippen molar-refractivity contribution in [2.24, 2.45) is 0 Å². The SMILES string of the molecule is C=C(C)/C=C/c1ccc(C(=C)NCCC2CNc3ccccc32)cc1. The Morgan fingerprint density at radius 1 is 1.16 bits per heavy atom. The first-order chi connectivity index (χ1) is 12.1. The number of anilines is 1. The highest BCUT2D eigenvalue weighted by Crippen LogP contribution is 2.32. The fourth-order valence-electron chi connectivity index (χ4n) is 3.15. The molecule has 0 spiro atoms. The van der Waals surface area contributed by atoms with Gasteiger partial charge in [-0.1, -0.05) is 73.3 Å². The molecule has 2 nitrogen and oxygen atoms in total. The van der Waals surface area contributed by atoms with Gasteiger partial charge in [0.2, 0.25) is 0 Å². The van der Waals surface area contributed by atoms with Crippen molar-refractivity contribution in [3.8, 4) is 0 Å². The Labute approximate surface area is 151 Å². The number of benzene rings is 2. The third-order valence-corrected chi connectivity index (χ3v) is 4.59. The number of hydrogen-bond donors (Lipinski definition) is 2. The van der Waals surface area contributed by atoms with E-state index in [9.17, 15) is 0 Å². The lowest BCUT2D eigenvalue weighted by Gasteiger charge is -2.14. The maximum Gasteiger partial charge on any atom is 0.0376 e. The van der Waals surface area contributed by atoms with Gasteiger partial charge in [0.05, 0.1) is 0 Å². The van der Waals surface area contributed by atoms with Gasteiger partial charge in [-0.2, -0.15) is 0 Å². The van der Waals surface area contributed by atoms with Crippen molar-refractivity contribution in [1.82, 2.24) is 5.32 Å². The molecule has 2 heteroatoms. The van der Waals surface area contributed by atoms with Crippen LogP contribution in [0.25, 0.3) is 11.8 Å². The molecule has 0 fully saturated rings. The lowest BCUT2D eigenvalue weighted by atomic mass is 9.98. The summed E-state index contributed by atoms with van der Waals surface area (Å²) in [4.78, 5) is 0. The van der Waals surface area contributed by atoms with Crippen LogP contribution in [0.4, 0.5) is 5.69 Å². The Kier molecular flexibility index (Phi) is 5.39. The van der Waals surface area contributed by atoms with E-state index in [1.165, 1.54) is 16.8 Å². The van der Waals surface area contributed by atoms with Gasteiger partial charge in [0.15, 0.2) is 0 Å². The average molecular weight is 330 g/mol. The monoisotopic (exact) mass is 330 g/mol. The standard InChI is InChI=1S/C23H26N2/c1-17(2)8-9-19-10-12-20(13-11-19)18(3)24-15-14-21-16-25-23-7-5-4-6-22(21)23/h4-13,21,24-25H,1,3,14-16H2,2H3/b9-8+. The number of nitrogens with one attached hydrogen (secondary N) is 2. The minimum atomic E-state index is 0.575. The van der Waals surface area contributed by atoms with E-state index in [0.29, 0.717) is 5.92 Å². The van der Waals surface area contributed by atoms with Crippen LogP contribution < -0.4 is 10.6 Å². The predicted octanol–water partition coefficient (Wildman–Crippen LogP) is 5.44. The molecule has 0 saturated carbocycles. The van der Waals surface area contributed by atoms with Crippen LogP contribution in [-0.4, -0.2) is 13.1 Å². The lowest BCUT2D eigenvalue weighted by Crippen LogP contribution is -2.16. The van der Waals surface area contributed by atoms with E-state index in [2.05, 4.69) is 78.4 Å². The van der Waals surface area contributed by atoms with Crippen LogP contribution in [0.2, 0.25) is 0 Å². The first-order valence-electron chi connectivity index (χ1n) is 8.83. The Morgan fingerprint density at radius 3 is 2.68 bits per heavy atom. The molecule has 1 atom stereocenters. The molecule has 0 amide bonds. The zero-order valence-electron chi connectivity index (χ0n) is 14.9. The third kappa shape index (κ3) is 4.42. The van der Waals surface area contributed by atoms with Gasteiger partial charge in [0, 0.05) is 30.4 Å². The van der Waals surface area contributed by atoms with Crippen molar-refractivity contribution in [2.75, 3.05) is 18.4 Å². The number of hydrogen-bond acceptors (Lipinski definition) is 2. The van der Waals surface area contributed by atoms with Crippen LogP contribution >= 0.6 is 0 Å². The van der Waals surface area contributed by atoms with E-state index in [1.54, 1.807) is 0 Å². The van der Waals surface area contributed by atoms with Crippen molar-refractivity contribution in [2.45, 2.75) is 19.3 Å². The molecule has 25 heavy (non-hydrogen) atoms. The van der Waals surface area contributed by atoms with Gasteiger partial charge in [-0.15, -0.1) is 0 Å². The molecule has 3 rings (SSSR count). The van der Waals surface area contributed by atoms with Crippen LogP contribution in [-0.2, 0) is 0 Å². The van der Waals surface area contributed by atoms with E-state index in [4.69, 9.17) is 0 Å². The summed E-state index contributed by atoms with van der Waals surface area (Å²) < 4.78 is 0. The quantitative estimate of drug-likeness (QED) is 0.661. The van der Waals surface area contributed by atoms with Crippen molar-refractivity contribution in [3.63, 3.8) is 0 Å². The summed E-state index contributed by atoms with van der Waals surface area (Å²) in [5.74, 6) is 0.575. The average Bonchev–Trinajstić information content (AvgIpc) is 3.03. The van der Waals surface area contributed by atoms with E-state index in [0.717, 1.165) is 36.3 Å². The molecule has 2 aromatic rings. The molecule has 1 unspecified atom stereocenters. The smallest absolute Gasteiger partial charge is 0.0376 e. The molecule has 1 aliphatic heterocycles. The Hall–Kier alpha value is -2.74. The molecule has 0 aromatic heterocycles. The first-order valence-corrected chi connectivity index (χ1v) is 8.83. The second kappa shape index (κ2) is 7.89. The largest absolute Gasteiger partial charge is 0.385 e. The highest BCUT2D eigenvalue weighted by molar-refractivity contribution is 5.64. The van der Waals surface area contributed by atoms with Crippen LogP contribution in [0, 0.1) is 0 Å². The third-order valence-electron chi connectivity index (χ3n) is 4.59. The zero-order chi connectivity index (χ0) is 17.6. The minimum Gasteiger partial charge on any atom is -0.385 e. The number of fused-ring (bicyclic) bond motifs is 1. The number of para-hydroxylation sites is 1. The highest BCUT2D eigenvalue weighted by atomic mass is 14.9. The summed E-state index contributed by atoms with van der Waals surface area (Å²) in [7, 11) is 0. The molecule has 1 aliphatic rings. The van der Waals surface area contributed by atoms with Gasteiger partial charge in [0.25, 0.3) is 0 Å². The summed E-state index contributed by atoms with van der Waals surface area (Å²) in [6.45, 7) is 12.0. The molecule has 0 aliphatic carbocycles. The normalized spacial score (nSPS) is 15.6. The van der Waals surface area contributed by atoms with E-state index < -0.39 is 0 Å². The summed E-state index contributed by atoms with van der Waals surface area (Å²) >= 11 is 0. The first kappa shape index (κ1) is 17.1. The zero-order valence-corrected chi connectivity index (χ0v) is 14.9. The van der Waals surface area contributed by atoms with Crippen molar-refractivity contribution >= 4 is 17.5 Å². The van der Waals surface area contributed by atoms with Gasteiger partial charge in [0.1, 0.15) is 0 Å². The fraction of sp³-hybridized carbons (Fsp3) is 0.217. The summed E-state index contributed by atoms with van der Waals surface area (Å²) in [6.07, 6.45) is 5.20. The lowest BCUT2D eigenvalue weighted by molar-refractivity contribution is 0.653.